The molecule has 0 aromatic heterocycles. The molecule has 0 atom stereocenters. The summed E-state index contributed by atoms with van der Waals surface area (Å²) in [6.07, 6.45) is -5.81. The van der Waals surface area contributed by atoms with Crippen LogP contribution in [-0.2, 0) is 6.18 Å². The van der Waals surface area contributed by atoms with Gasteiger partial charge in [-0.15, -0.1) is 0 Å². The Morgan fingerprint density at radius 3 is 1.62 bits per heavy atom. The number of rotatable bonds is 3. The highest BCUT2D eigenvalue weighted by Gasteiger charge is 2.43. The summed E-state index contributed by atoms with van der Waals surface area (Å²) < 4.78 is 149. The van der Waals surface area contributed by atoms with Crippen molar-refractivity contribution in [3.63, 3.8) is 0 Å². The fourth-order valence-corrected chi connectivity index (χ4v) is 4.65. The molecule has 0 amide bonds. The fraction of sp³-hybridized carbons (Fsp3) is 0.0714. The van der Waals surface area contributed by atoms with Crippen molar-refractivity contribution in [1.29, 1.82) is 0 Å². The average Bonchev–Trinajstić information content (AvgIpc) is 2.88. The molecule has 200 valence electrons. The summed E-state index contributed by atoms with van der Waals surface area (Å²) in [5.41, 5.74) is -5.22. The summed E-state index contributed by atoms with van der Waals surface area (Å²) >= 11 is 0. The summed E-state index contributed by atoms with van der Waals surface area (Å²) in [6, 6.07) is 9.91. The molecule has 0 saturated carbocycles. The molecule has 0 fully saturated rings. The van der Waals surface area contributed by atoms with E-state index in [0.717, 1.165) is 18.2 Å². The minimum Gasteiger partial charge on any atom is -0.497 e. The molecule has 0 radical (unpaired) electrons. The zero-order valence-electron chi connectivity index (χ0n) is 19.4. The van der Waals surface area contributed by atoms with E-state index >= 15 is 13.2 Å². The summed E-state index contributed by atoms with van der Waals surface area (Å²) in [7, 11) is 1.37. The van der Waals surface area contributed by atoms with Crippen molar-refractivity contribution in [2.45, 2.75) is 6.18 Å². The largest absolute Gasteiger partial charge is 0.497 e. The van der Waals surface area contributed by atoms with Crippen LogP contribution in [0.3, 0.4) is 0 Å². The summed E-state index contributed by atoms with van der Waals surface area (Å²) in [5, 5.41) is -1.74. The Morgan fingerprint density at radius 2 is 1.10 bits per heavy atom. The number of benzene rings is 5. The maximum atomic E-state index is 15.4. The summed E-state index contributed by atoms with van der Waals surface area (Å²) in [5.74, 6) is -14.1. The van der Waals surface area contributed by atoms with Crippen LogP contribution in [0, 0.1) is 40.7 Å². The van der Waals surface area contributed by atoms with Gasteiger partial charge in [-0.25, -0.2) is 30.7 Å². The zero-order chi connectivity index (χ0) is 28.4. The molecule has 0 bridgehead atoms. The lowest BCUT2D eigenvalue weighted by Crippen LogP contribution is -2.16. The number of hydrogen-bond donors (Lipinski definition) is 0. The van der Waals surface area contributed by atoms with Crippen molar-refractivity contribution in [2.75, 3.05) is 7.11 Å². The second-order valence-corrected chi connectivity index (χ2v) is 8.46. The molecule has 0 aliphatic heterocycles. The molecular formula is C28H12F10O. The van der Waals surface area contributed by atoms with Crippen LogP contribution in [0.4, 0.5) is 43.9 Å². The number of hydrogen-bond acceptors (Lipinski definition) is 1. The quantitative estimate of drug-likeness (QED) is 0.123. The van der Waals surface area contributed by atoms with Gasteiger partial charge in [0, 0.05) is 16.5 Å². The van der Waals surface area contributed by atoms with Crippen LogP contribution in [0.1, 0.15) is 5.56 Å². The molecule has 0 spiro atoms. The SMILES string of the molecule is COc1ccc(-c2c3cc(F)c(F)cc3c(-c3c(F)c(F)c(C(F)(F)F)c(F)c3F)c3cccc(F)c23)cc1. The first-order valence-corrected chi connectivity index (χ1v) is 11.0. The number of methoxy groups -OCH3 is 1. The van der Waals surface area contributed by atoms with E-state index in [0.29, 0.717) is 17.9 Å². The molecule has 0 aliphatic rings. The highest BCUT2D eigenvalue weighted by atomic mass is 19.4. The van der Waals surface area contributed by atoms with Gasteiger partial charge in [-0.1, -0.05) is 24.3 Å². The Balaban J connectivity index is 2.05. The van der Waals surface area contributed by atoms with Crippen molar-refractivity contribution >= 4 is 21.5 Å². The molecule has 0 heterocycles. The van der Waals surface area contributed by atoms with Crippen molar-refractivity contribution < 1.29 is 48.6 Å². The topological polar surface area (TPSA) is 9.23 Å². The standard InChI is InChI=1S/C28H12F10O/c1-39-12-7-5-11(6-8-12)19-14-9-17(30)18(31)10-15(14)20(13-3-2-4-16(29)21(13)19)22-24(32)26(34)23(28(36,37)38)27(35)25(22)33/h2-10H,1H3. The van der Waals surface area contributed by atoms with Gasteiger partial charge in [0.1, 0.15) is 17.1 Å². The first-order valence-electron chi connectivity index (χ1n) is 11.0. The van der Waals surface area contributed by atoms with Crippen molar-refractivity contribution in [1.82, 2.24) is 0 Å². The van der Waals surface area contributed by atoms with Crippen molar-refractivity contribution in [2.24, 2.45) is 0 Å². The molecule has 39 heavy (non-hydrogen) atoms. The highest BCUT2D eigenvalue weighted by molar-refractivity contribution is 6.21. The maximum absolute atomic E-state index is 15.4. The van der Waals surface area contributed by atoms with E-state index < -0.39 is 79.7 Å². The van der Waals surface area contributed by atoms with E-state index in [1.165, 1.54) is 31.4 Å². The van der Waals surface area contributed by atoms with E-state index in [2.05, 4.69) is 0 Å². The number of halogens is 10. The number of alkyl halides is 3. The van der Waals surface area contributed by atoms with Gasteiger partial charge in [0.15, 0.2) is 34.9 Å². The second-order valence-electron chi connectivity index (χ2n) is 8.46. The molecule has 5 rings (SSSR count). The molecule has 0 aliphatic carbocycles. The first-order chi connectivity index (χ1) is 18.4. The van der Waals surface area contributed by atoms with Crippen LogP contribution in [0.15, 0.2) is 54.6 Å². The lowest BCUT2D eigenvalue weighted by Gasteiger charge is -2.20. The molecule has 0 saturated heterocycles. The smallest absolute Gasteiger partial charge is 0.422 e. The lowest BCUT2D eigenvalue weighted by atomic mass is 9.85. The van der Waals surface area contributed by atoms with Gasteiger partial charge in [0.2, 0.25) is 0 Å². The van der Waals surface area contributed by atoms with Crippen LogP contribution in [-0.4, -0.2) is 7.11 Å². The van der Waals surface area contributed by atoms with E-state index in [4.69, 9.17) is 4.74 Å². The van der Waals surface area contributed by atoms with E-state index in [1.54, 1.807) is 0 Å². The van der Waals surface area contributed by atoms with Crippen LogP contribution in [0.2, 0.25) is 0 Å². The van der Waals surface area contributed by atoms with Gasteiger partial charge in [-0.05, 0) is 52.1 Å². The van der Waals surface area contributed by atoms with Crippen LogP contribution in [0.25, 0.3) is 43.8 Å². The Hall–Kier alpha value is -4.28. The summed E-state index contributed by atoms with van der Waals surface area (Å²) in [4.78, 5) is 0. The molecular weight excluding hydrogens is 542 g/mol. The monoisotopic (exact) mass is 554 g/mol. The Kier molecular flexibility index (Phi) is 6.20. The molecule has 0 N–H and O–H groups in total. The third-order valence-electron chi connectivity index (χ3n) is 6.31. The molecule has 5 aromatic carbocycles. The number of fused-ring (bicyclic) bond motifs is 2. The lowest BCUT2D eigenvalue weighted by molar-refractivity contribution is -0.143. The number of ether oxygens (including phenoxy) is 1. The van der Waals surface area contributed by atoms with Crippen LogP contribution >= 0.6 is 0 Å². The minimum absolute atomic E-state index is 0.0860. The summed E-state index contributed by atoms with van der Waals surface area (Å²) in [6.45, 7) is 0. The Bertz CT molecular complexity index is 1760. The minimum atomic E-state index is -5.81. The van der Waals surface area contributed by atoms with Gasteiger partial charge >= 0.3 is 6.18 Å². The van der Waals surface area contributed by atoms with Gasteiger partial charge in [0.25, 0.3) is 0 Å². The Morgan fingerprint density at radius 1 is 0.564 bits per heavy atom. The predicted molar refractivity (Wildman–Crippen MR) is 124 cm³/mol. The molecule has 0 unspecified atom stereocenters. The first kappa shape index (κ1) is 26.3. The van der Waals surface area contributed by atoms with Gasteiger partial charge < -0.3 is 4.74 Å². The van der Waals surface area contributed by atoms with E-state index in [9.17, 15) is 30.7 Å². The zero-order valence-corrected chi connectivity index (χ0v) is 19.4. The Labute approximate surface area is 212 Å². The molecule has 1 nitrogen and oxygen atoms in total. The van der Waals surface area contributed by atoms with Crippen molar-refractivity contribution in [3.8, 4) is 28.0 Å². The van der Waals surface area contributed by atoms with Gasteiger partial charge in [-0.2, -0.15) is 13.2 Å². The third kappa shape index (κ3) is 4.03. The molecule has 11 heteroatoms. The average molecular weight is 554 g/mol. The third-order valence-corrected chi connectivity index (χ3v) is 6.31. The second kappa shape index (κ2) is 9.18. The van der Waals surface area contributed by atoms with E-state index in [1.807, 2.05) is 0 Å². The maximum Gasteiger partial charge on any atom is 0.422 e. The van der Waals surface area contributed by atoms with Gasteiger partial charge in [0.05, 0.1) is 12.7 Å². The van der Waals surface area contributed by atoms with Crippen LogP contribution < -0.4 is 4.74 Å². The fourth-order valence-electron chi connectivity index (χ4n) is 4.65. The normalized spacial score (nSPS) is 12.0. The highest BCUT2D eigenvalue weighted by Crippen LogP contribution is 2.48. The molecule has 5 aromatic rings. The van der Waals surface area contributed by atoms with Crippen LogP contribution in [0.5, 0.6) is 5.75 Å². The van der Waals surface area contributed by atoms with Gasteiger partial charge in [-0.3, -0.25) is 0 Å². The predicted octanol–water partition coefficient (Wildman–Crippen LogP) is 9.33. The van der Waals surface area contributed by atoms with E-state index in [-0.39, 0.29) is 16.5 Å². The van der Waals surface area contributed by atoms with Crippen molar-refractivity contribution in [3.05, 3.63) is 101 Å².